The molecule has 0 aliphatic carbocycles. The minimum atomic E-state index is 0.438. The number of para-hydroxylation sites is 1. The molecule has 0 aliphatic rings. The molecule has 98 valence electrons. The summed E-state index contributed by atoms with van der Waals surface area (Å²) in [6.45, 7) is 2.38. The summed E-state index contributed by atoms with van der Waals surface area (Å²) in [7, 11) is 0. The van der Waals surface area contributed by atoms with Gasteiger partial charge in [-0.2, -0.15) is 0 Å². The zero-order valence-corrected chi connectivity index (χ0v) is 10.8. The largest absolute Gasteiger partial charge is 0.488 e. The van der Waals surface area contributed by atoms with Gasteiger partial charge in [0.05, 0.1) is 5.71 Å². The van der Waals surface area contributed by atoms with E-state index in [9.17, 15) is 0 Å². The van der Waals surface area contributed by atoms with E-state index in [1.54, 1.807) is 12.4 Å². The van der Waals surface area contributed by atoms with Gasteiger partial charge in [-0.05, 0) is 24.6 Å². The van der Waals surface area contributed by atoms with Crippen LogP contribution in [0.3, 0.4) is 0 Å². The van der Waals surface area contributed by atoms with E-state index < -0.39 is 0 Å². The van der Waals surface area contributed by atoms with E-state index in [0.717, 1.165) is 11.1 Å². The lowest BCUT2D eigenvalue weighted by atomic mass is 10.1. The first-order chi connectivity index (χ1) is 9.35. The Bertz CT molecular complexity index is 553. The summed E-state index contributed by atoms with van der Waals surface area (Å²) in [5.41, 5.74) is 2.43. The van der Waals surface area contributed by atoms with E-state index in [4.69, 9.17) is 9.94 Å². The molecule has 19 heavy (non-hydrogen) atoms. The first-order valence-electron chi connectivity index (χ1n) is 6.17. The first-order valence-corrected chi connectivity index (χ1v) is 6.17. The quantitative estimate of drug-likeness (QED) is 0.507. The zero-order valence-electron chi connectivity index (χ0n) is 10.8. The predicted molar refractivity (Wildman–Crippen MR) is 73.6 cm³/mol. The van der Waals surface area contributed by atoms with Crippen LogP contribution in [0.2, 0.25) is 0 Å². The van der Waals surface area contributed by atoms with Gasteiger partial charge < -0.3 is 9.94 Å². The maximum Gasteiger partial charge on any atom is 0.128 e. The Morgan fingerprint density at radius 3 is 2.79 bits per heavy atom. The summed E-state index contributed by atoms with van der Waals surface area (Å²) in [5, 5.41) is 12.3. The van der Waals surface area contributed by atoms with Crippen molar-refractivity contribution >= 4 is 5.71 Å². The number of ether oxygens (including phenoxy) is 1. The second-order valence-electron chi connectivity index (χ2n) is 4.05. The van der Waals surface area contributed by atoms with Gasteiger partial charge >= 0.3 is 0 Å². The second-order valence-corrected chi connectivity index (χ2v) is 4.05. The van der Waals surface area contributed by atoms with Crippen LogP contribution in [0, 0.1) is 0 Å². The molecule has 2 rings (SSSR count). The van der Waals surface area contributed by atoms with Crippen molar-refractivity contribution in [1.29, 1.82) is 0 Å². The summed E-state index contributed by atoms with van der Waals surface area (Å²) in [6.07, 6.45) is 4.14. The molecule has 0 saturated heterocycles. The van der Waals surface area contributed by atoms with Gasteiger partial charge in [0, 0.05) is 23.5 Å². The van der Waals surface area contributed by atoms with Gasteiger partial charge in [-0.1, -0.05) is 30.3 Å². The minimum absolute atomic E-state index is 0.438. The van der Waals surface area contributed by atoms with Crippen LogP contribution in [0.15, 0.2) is 53.9 Å². The van der Waals surface area contributed by atoms with Crippen LogP contribution in [0.1, 0.15) is 24.5 Å². The fourth-order valence-electron chi connectivity index (χ4n) is 1.79. The third-order valence-corrected chi connectivity index (χ3v) is 2.77. The van der Waals surface area contributed by atoms with Crippen molar-refractivity contribution in [3.8, 4) is 5.75 Å². The molecule has 4 heteroatoms. The fraction of sp³-hybridized carbons (Fsp3) is 0.200. The highest BCUT2D eigenvalue weighted by Crippen LogP contribution is 2.21. The third kappa shape index (κ3) is 3.31. The Balaban J connectivity index is 2.17. The maximum absolute atomic E-state index is 9.01. The van der Waals surface area contributed by atoms with E-state index in [-0.39, 0.29) is 0 Å². The van der Waals surface area contributed by atoms with Gasteiger partial charge in [-0.15, -0.1) is 0 Å². The van der Waals surface area contributed by atoms with Crippen molar-refractivity contribution in [3.63, 3.8) is 0 Å². The lowest BCUT2D eigenvalue weighted by Gasteiger charge is -2.11. The van der Waals surface area contributed by atoms with Crippen molar-refractivity contribution in [1.82, 2.24) is 4.98 Å². The van der Waals surface area contributed by atoms with Gasteiger partial charge in [0.25, 0.3) is 0 Å². The molecule has 0 fully saturated rings. The lowest BCUT2D eigenvalue weighted by molar-refractivity contribution is 0.302. The first kappa shape index (κ1) is 13.1. The lowest BCUT2D eigenvalue weighted by Crippen LogP contribution is -2.04. The van der Waals surface area contributed by atoms with Crippen LogP contribution in [0.4, 0.5) is 0 Å². The van der Waals surface area contributed by atoms with Crippen LogP contribution in [0.5, 0.6) is 5.75 Å². The van der Waals surface area contributed by atoms with Gasteiger partial charge in [0.1, 0.15) is 12.4 Å². The number of hydrogen-bond donors (Lipinski definition) is 1. The van der Waals surface area contributed by atoms with Crippen LogP contribution < -0.4 is 4.74 Å². The van der Waals surface area contributed by atoms with Gasteiger partial charge in [0.2, 0.25) is 0 Å². The van der Waals surface area contributed by atoms with E-state index in [1.807, 2.05) is 43.3 Å². The normalized spacial score (nSPS) is 11.3. The molecule has 1 aromatic heterocycles. The van der Waals surface area contributed by atoms with Crippen molar-refractivity contribution < 1.29 is 9.94 Å². The van der Waals surface area contributed by atoms with Crippen LogP contribution >= 0.6 is 0 Å². The monoisotopic (exact) mass is 256 g/mol. The van der Waals surface area contributed by atoms with E-state index in [1.165, 1.54) is 0 Å². The molecule has 0 amide bonds. The summed E-state index contributed by atoms with van der Waals surface area (Å²) in [6, 6.07) is 11.4. The molecule has 4 nitrogen and oxygen atoms in total. The summed E-state index contributed by atoms with van der Waals surface area (Å²) in [4.78, 5) is 4.04. The Morgan fingerprint density at radius 2 is 2.11 bits per heavy atom. The molecule has 0 radical (unpaired) electrons. The average Bonchev–Trinajstić information content (AvgIpc) is 2.48. The maximum atomic E-state index is 9.01. The molecule has 0 spiro atoms. The zero-order chi connectivity index (χ0) is 13.5. The Morgan fingerprint density at radius 1 is 1.26 bits per heavy atom. The second kappa shape index (κ2) is 6.54. The van der Waals surface area contributed by atoms with E-state index in [2.05, 4.69) is 10.1 Å². The van der Waals surface area contributed by atoms with Crippen molar-refractivity contribution in [2.24, 2.45) is 5.16 Å². The van der Waals surface area contributed by atoms with Gasteiger partial charge in [-0.25, -0.2) is 0 Å². The summed E-state index contributed by atoms with van der Waals surface area (Å²) in [5.74, 6) is 0.709. The molecule has 0 atom stereocenters. The predicted octanol–water partition coefficient (Wildman–Crippen LogP) is 3.25. The molecule has 2 aromatic rings. The third-order valence-electron chi connectivity index (χ3n) is 2.77. The molecule has 1 heterocycles. The number of pyridine rings is 1. The van der Waals surface area contributed by atoms with E-state index in [0.29, 0.717) is 24.5 Å². The average molecular weight is 256 g/mol. The number of hydrogen-bond acceptors (Lipinski definition) is 4. The molecule has 0 unspecified atom stereocenters. The van der Waals surface area contributed by atoms with Crippen LogP contribution in [-0.2, 0) is 6.61 Å². The molecular weight excluding hydrogens is 240 g/mol. The Hall–Kier alpha value is -2.36. The molecule has 1 N–H and O–H groups in total. The fourth-order valence-corrected chi connectivity index (χ4v) is 1.79. The molecule has 0 bridgehead atoms. The van der Waals surface area contributed by atoms with Crippen LogP contribution in [0.25, 0.3) is 0 Å². The van der Waals surface area contributed by atoms with Crippen molar-refractivity contribution in [3.05, 3.63) is 59.9 Å². The molecule has 0 saturated carbocycles. The SMILES string of the molecule is CC/C(=N\O)c1ccccc1OCc1cccnc1. The van der Waals surface area contributed by atoms with Crippen LogP contribution in [-0.4, -0.2) is 15.9 Å². The van der Waals surface area contributed by atoms with Gasteiger partial charge in [0.15, 0.2) is 0 Å². The number of oxime groups is 1. The van der Waals surface area contributed by atoms with Gasteiger partial charge in [-0.3, -0.25) is 4.98 Å². The van der Waals surface area contributed by atoms with E-state index >= 15 is 0 Å². The number of rotatable bonds is 5. The number of benzene rings is 1. The molecular formula is C15H16N2O2. The number of nitrogens with zero attached hydrogens (tertiary/aromatic N) is 2. The highest BCUT2D eigenvalue weighted by Gasteiger charge is 2.09. The van der Waals surface area contributed by atoms with Crippen molar-refractivity contribution in [2.75, 3.05) is 0 Å². The highest BCUT2D eigenvalue weighted by atomic mass is 16.5. The van der Waals surface area contributed by atoms with Crippen molar-refractivity contribution in [2.45, 2.75) is 20.0 Å². The Kier molecular flexibility index (Phi) is 4.50. The molecule has 1 aromatic carbocycles. The summed E-state index contributed by atoms with van der Waals surface area (Å²) < 4.78 is 5.78. The summed E-state index contributed by atoms with van der Waals surface area (Å²) >= 11 is 0. The smallest absolute Gasteiger partial charge is 0.128 e. The standard InChI is InChI=1S/C15H16N2O2/c1-2-14(17-18)13-7-3-4-8-15(13)19-11-12-6-5-9-16-10-12/h3-10,18H,2,11H2,1H3/b17-14+. The highest BCUT2D eigenvalue weighted by molar-refractivity contribution is 6.02. The molecule has 0 aliphatic heterocycles. The topological polar surface area (TPSA) is 54.7 Å². The Labute approximate surface area is 112 Å². The minimum Gasteiger partial charge on any atom is -0.488 e. The number of aromatic nitrogens is 1.